The number of primary amides is 1. The van der Waals surface area contributed by atoms with Crippen LogP contribution in [0.1, 0.15) is 37.3 Å². The summed E-state index contributed by atoms with van der Waals surface area (Å²) >= 11 is 0. The molecule has 0 aromatic heterocycles. The van der Waals surface area contributed by atoms with Crippen LogP contribution in [-0.4, -0.2) is 77.2 Å². The molecule has 5 amide bonds. The van der Waals surface area contributed by atoms with Gasteiger partial charge in [-0.1, -0.05) is 18.2 Å². The highest BCUT2D eigenvalue weighted by Crippen LogP contribution is 2.36. The van der Waals surface area contributed by atoms with E-state index in [1.165, 1.54) is 4.90 Å². The third-order valence-corrected chi connectivity index (χ3v) is 6.18. The number of para-hydroxylation sites is 1. The number of Topliss-reactive ketones (excluding diaryl/α,β-unsaturated/α-hetero) is 1. The second kappa shape index (κ2) is 10.7. The predicted octanol–water partition coefficient (Wildman–Crippen LogP) is -0.226. The van der Waals surface area contributed by atoms with Crippen LogP contribution in [0.15, 0.2) is 18.2 Å². The molecule has 0 saturated carbocycles. The summed E-state index contributed by atoms with van der Waals surface area (Å²) in [5.74, 6) is -2.84. The quantitative estimate of drug-likeness (QED) is 0.348. The number of urea groups is 1. The van der Waals surface area contributed by atoms with Crippen molar-refractivity contribution in [3.63, 3.8) is 0 Å². The molecular weight excluding hydrogens is 443 g/mol. The van der Waals surface area contributed by atoms with E-state index in [-0.39, 0.29) is 32.4 Å². The van der Waals surface area contributed by atoms with Crippen LogP contribution in [0.2, 0.25) is 5.82 Å². The average molecular weight is 472 g/mol. The lowest BCUT2D eigenvalue weighted by molar-refractivity contribution is -0.153. The molecule has 2 heterocycles. The minimum atomic E-state index is -1.22. The van der Waals surface area contributed by atoms with E-state index in [0.29, 0.717) is 18.7 Å². The zero-order chi connectivity index (χ0) is 25.0. The number of nitrogens with one attached hydrogen (secondary N) is 1. The van der Waals surface area contributed by atoms with Crippen molar-refractivity contribution in [2.75, 3.05) is 19.6 Å². The molecule has 1 aromatic rings. The number of nitrogens with two attached hydrogens (primary N) is 1. The Morgan fingerprint density at radius 2 is 2.00 bits per heavy atom. The summed E-state index contributed by atoms with van der Waals surface area (Å²) < 4.78 is 5.62. The lowest BCUT2D eigenvalue weighted by Crippen LogP contribution is -2.59. The topological polar surface area (TPSA) is 159 Å². The number of ketones is 1. The first-order valence-electron chi connectivity index (χ1n) is 11.3. The number of amides is 5. The number of hydrogen-bond acceptors (Lipinski definition) is 7. The van der Waals surface area contributed by atoms with Crippen molar-refractivity contribution >= 4 is 36.7 Å². The van der Waals surface area contributed by atoms with Crippen LogP contribution in [0, 0.1) is 6.92 Å². The van der Waals surface area contributed by atoms with Gasteiger partial charge in [0.15, 0.2) is 5.78 Å². The standard InChI is InChI=1S/C22H29BN4O7/c1-3-26-9-10-27(21(31)20(26)30)22(32)25-16(7-8-18(24)29)17(28)12-15-11-14-6-4-5-13(2)19(14)34-23(15)33/h4-6,15-16,33H,3,7-12H2,1-2H3,(H2,24,29)(H,25,32)/t15-,16-/m1/s1. The summed E-state index contributed by atoms with van der Waals surface area (Å²) in [6.45, 7) is 4.11. The van der Waals surface area contributed by atoms with Crippen molar-refractivity contribution in [2.24, 2.45) is 5.73 Å². The largest absolute Gasteiger partial charge is 0.536 e. The van der Waals surface area contributed by atoms with Gasteiger partial charge in [0.1, 0.15) is 5.75 Å². The number of fused-ring (bicyclic) bond motifs is 1. The molecule has 0 spiro atoms. The zero-order valence-electron chi connectivity index (χ0n) is 19.3. The summed E-state index contributed by atoms with van der Waals surface area (Å²) in [5.41, 5.74) is 6.95. The molecule has 4 N–H and O–H groups in total. The first-order valence-corrected chi connectivity index (χ1v) is 11.3. The van der Waals surface area contributed by atoms with Crippen LogP contribution in [0.4, 0.5) is 4.79 Å². The van der Waals surface area contributed by atoms with Gasteiger partial charge in [-0.3, -0.25) is 24.1 Å². The first kappa shape index (κ1) is 25.2. The van der Waals surface area contributed by atoms with E-state index in [0.717, 1.165) is 16.0 Å². The fourth-order valence-corrected chi connectivity index (χ4v) is 4.21. The lowest BCUT2D eigenvalue weighted by Gasteiger charge is -2.33. The molecule has 3 rings (SSSR count). The van der Waals surface area contributed by atoms with Gasteiger partial charge >= 0.3 is 25.0 Å². The number of likely N-dealkylation sites (N-methyl/N-ethyl adjacent to an activating group) is 1. The maximum Gasteiger partial charge on any atom is 0.526 e. The Kier molecular flexibility index (Phi) is 7.92. The molecule has 11 nitrogen and oxygen atoms in total. The van der Waals surface area contributed by atoms with Crippen LogP contribution >= 0.6 is 0 Å². The Morgan fingerprint density at radius 3 is 2.68 bits per heavy atom. The maximum atomic E-state index is 13.1. The third kappa shape index (κ3) is 5.56. The van der Waals surface area contributed by atoms with Crippen molar-refractivity contribution in [1.82, 2.24) is 15.1 Å². The van der Waals surface area contributed by atoms with Gasteiger partial charge < -0.3 is 25.6 Å². The minimum absolute atomic E-state index is 0.00765. The zero-order valence-corrected chi connectivity index (χ0v) is 19.3. The summed E-state index contributed by atoms with van der Waals surface area (Å²) in [5, 5.41) is 12.9. The van der Waals surface area contributed by atoms with E-state index in [1.807, 2.05) is 25.1 Å². The molecule has 0 radical (unpaired) electrons. The number of aryl methyl sites for hydroxylation is 1. The molecule has 2 atom stereocenters. The van der Waals surface area contributed by atoms with Crippen LogP contribution in [0.25, 0.3) is 0 Å². The molecule has 1 aromatic carbocycles. The van der Waals surface area contributed by atoms with Gasteiger partial charge in [-0.15, -0.1) is 0 Å². The summed E-state index contributed by atoms with van der Waals surface area (Å²) in [6, 6.07) is 3.56. The van der Waals surface area contributed by atoms with Gasteiger partial charge in [-0.05, 0) is 37.8 Å². The molecule has 182 valence electrons. The number of imide groups is 1. The molecule has 34 heavy (non-hydrogen) atoms. The fraction of sp³-hybridized carbons (Fsp3) is 0.500. The van der Waals surface area contributed by atoms with E-state index >= 15 is 0 Å². The summed E-state index contributed by atoms with van der Waals surface area (Å²) in [4.78, 5) is 63.7. The van der Waals surface area contributed by atoms with E-state index in [4.69, 9.17) is 10.4 Å². The van der Waals surface area contributed by atoms with E-state index in [2.05, 4.69) is 5.32 Å². The fourth-order valence-electron chi connectivity index (χ4n) is 4.21. The Labute approximate surface area is 197 Å². The SMILES string of the molecule is CCN1CCN(C(=O)N[C@H](CCC(N)=O)C(=O)C[C@H]2Cc3cccc(C)c3OB2O)C(=O)C1=O. The number of rotatable bonds is 8. The normalized spacial score (nSPS) is 18.8. The number of piperazine rings is 1. The lowest BCUT2D eigenvalue weighted by atomic mass is 9.64. The number of carbonyl (C=O) groups excluding carboxylic acids is 5. The van der Waals surface area contributed by atoms with Crippen LogP contribution in [0.3, 0.4) is 0 Å². The van der Waals surface area contributed by atoms with Gasteiger partial charge in [-0.25, -0.2) is 4.79 Å². The van der Waals surface area contributed by atoms with E-state index in [9.17, 15) is 29.0 Å². The van der Waals surface area contributed by atoms with Crippen molar-refractivity contribution in [3.8, 4) is 5.75 Å². The van der Waals surface area contributed by atoms with E-state index in [1.54, 1.807) is 6.92 Å². The highest BCUT2D eigenvalue weighted by atomic mass is 16.5. The van der Waals surface area contributed by atoms with Gasteiger partial charge in [0, 0.05) is 38.3 Å². The van der Waals surface area contributed by atoms with Crippen LogP contribution in [0.5, 0.6) is 5.75 Å². The number of carbonyl (C=O) groups is 5. The molecular formula is C22H29BN4O7. The van der Waals surface area contributed by atoms with E-state index < -0.39 is 48.5 Å². The van der Waals surface area contributed by atoms with Crippen molar-refractivity contribution in [2.45, 2.75) is 51.4 Å². The van der Waals surface area contributed by atoms with Crippen molar-refractivity contribution in [3.05, 3.63) is 29.3 Å². The van der Waals surface area contributed by atoms with Gasteiger partial charge in [0.25, 0.3) is 0 Å². The Hall–Kier alpha value is -3.41. The molecule has 2 aliphatic rings. The smallest absolute Gasteiger partial charge is 0.526 e. The average Bonchev–Trinajstić information content (AvgIpc) is 2.79. The first-order chi connectivity index (χ1) is 16.1. The van der Waals surface area contributed by atoms with Crippen molar-refractivity contribution < 1.29 is 33.7 Å². The molecule has 0 bridgehead atoms. The number of benzene rings is 1. The third-order valence-electron chi connectivity index (χ3n) is 6.18. The number of nitrogens with zero attached hydrogens (tertiary/aromatic N) is 2. The highest BCUT2D eigenvalue weighted by Gasteiger charge is 2.40. The second-order valence-electron chi connectivity index (χ2n) is 8.55. The predicted molar refractivity (Wildman–Crippen MR) is 122 cm³/mol. The highest BCUT2D eigenvalue weighted by molar-refractivity contribution is 6.46. The summed E-state index contributed by atoms with van der Waals surface area (Å²) in [6.07, 6.45) is 0.0242. The van der Waals surface area contributed by atoms with Crippen LogP contribution in [-0.2, 0) is 25.6 Å². The molecule has 12 heteroatoms. The van der Waals surface area contributed by atoms with Gasteiger partial charge in [-0.2, -0.15) is 0 Å². The van der Waals surface area contributed by atoms with Crippen molar-refractivity contribution in [1.29, 1.82) is 0 Å². The monoisotopic (exact) mass is 472 g/mol. The molecule has 1 fully saturated rings. The molecule has 2 aliphatic heterocycles. The Morgan fingerprint density at radius 1 is 1.26 bits per heavy atom. The number of hydrogen-bond donors (Lipinski definition) is 3. The Bertz CT molecular complexity index is 1000. The minimum Gasteiger partial charge on any atom is -0.536 e. The maximum absolute atomic E-state index is 13.1. The molecule has 1 saturated heterocycles. The van der Waals surface area contributed by atoms with Gasteiger partial charge in [0.05, 0.1) is 6.04 Å². The second-order valence-corrected chi connectivity index (χ2v) is 8.55. The summed E-state index contributed by atoms with van der Waals surface area (Å²) in [7, 11) is -1.22. The molecule has 0 aliphatic carbocycles. The van der Waals surface area contributed by atoms with Crippen LogP contribution < -0.4 is 15.7 Å². The Balaban J connectivity index is 1.70. The molecule has 0 unspecified atom stereocenters. The van der Waals surface area contributed by atoms with Gasteiger partial charge in [0.2, 0.25) is 5.91 Å².